The fourth-order valence-electron chi connectivity index (χ4n) is 2.42. The summed E-state index contributed by atoms with van der Waals surface area (Å²) in [4.78, 5) is 2.82. The number of sulfone groups is 1. The topological polar surface area (TPSA) is 37.4 Å². The first-order valence-electron chi connectivity index (χ1n) is 6.98. The number of hydrogen-bond donors (Lipinski definition) is 0. The summed E-state index contributed by atoms with van der Waals surface area (Å²) in [6.07, 6.45) is 1.23. The smallest absolute Gasteiger partial charge is 0.180 e. The van der Waals surface area contributed by atoms with E-state index in [0.717, 1.165) is 31.1 Å². The first-order valence-corrected chi connectivity index (χ1v) is 8.53. The number of rotatable bonds is 5. The van der Waals surface area contributed by atoms with Crippen molar-refractivity contribution in [3.63, 3.8) is 0 Å². The van der Waals surface area contributed by atoms with Gasteiger partial charge < -0.3 is 0 Å². The molecule has 1 aliphatic rings. The molecule has 3 nitrogen and oxygen atoms in total. The van der Waals surface area contributed by atoms with Crippen molar-refractivity contribution < 1.29 is 8.42 Å². The number of hydrogen-bond acceptors (Lipinski definition) is 3. The van der Waals surface area contributed by atoms with Gasteiger partial charge in [0.1, 0.15) is 0 Å². The molecule has 1 aromatic rings. The fraction of sp³-hybridized carbons (Fsp3) is 0.600. The molecule has 1 fully saturated rings. The SMILES string of the molecule is CCC1CN(Cc2cccc(S(=O)(=O)C(C)C)c2)C1. The molecule has 1 saturated heterocycles. The van der Waals surface area contributed by atoms with Gasteiger partial charge in [-0.25, -0.2) is 8.42 Å². The summed E-state index contributed by atoms with van der Waals surface area (Å²) in [7, 11) is -3.16. The third-order valence-corrected chi connectivity index (χ3v) is 6.02. The van der Waals surface area contributed by atoms with Crippen LogP contribution in [0.5, 0.6) is 0 Å². The van der Waals surface area contributed by atoms with Crippen LogP contribution in [0.25, 0.3) is 0 Å². The predicted octanol–water partition coefficient (Wildman–Crippen LogP) is 2.71. The van der Waals surface area contributed by atoms with Gasteiger partial charge in [0.25, 0.3) is 0 Å². The molecule has 0 bridgehead atoms. The van der Waals surface area contributed by atoms with Crippen molar-refractivity contribution in [1.29, 1.82) is 0 Å². The van der Waals surface area contributed by atoms with Crippen LogP contribution in [-0.4, -0.2) is 31.7 Å². The first kappa shape index (κ1) is 14.5. The van der Waals surface area contributed by atoms with Gasteiger partial charge in [-0.2, -0.15) is 0 Å². The monoisotopic (exact) mass is 281 g/mol. The molecule has 1 aliphatic heterocycles. The third kappa shape index (κ3) is 3.18. The molecule has 1 aromatic carbocycles. The molecule has 0 aromatic heterocycles. The Bertz CT molecular complexity index is 531. The Kier molecular flexibility index (Phi) is 4.31. The highest BCUT2D eigenvalue weighted by molar-refractivity contribution is 7.92. The van der Waals surface area contributed by atoms with Gasteiger partial charge in [0, 0.05) is 19.6 Å². The lowest BCUT2D eigenvalue weighted by Crippen LogP contribution is -2.45. The van der Waals surface area contributed by atoms with Crippen molar-refractivity contribution in [2.75, 3.05) is 13.1 Å². The minimum atomic E-state index is -3.16. The molecule has 0 radical (unpaired) electrons. The second-order valence-electron chi connectivity index (χ2n) is 5.71. The summed E-state index contributed by atoms with van der Waals surface area (Å²) in [5.41, 5.74) is 1.09. The number of nitrogens with zero attached hydrogens (tertiary/aromatic N) is 1. The zero-order chi connectivity index (χ0) is 14.0. The van der Waals surface area contributed by atoms with Crippen LogP contribution in [0.2, 0.25) is 0 Å². The summed E-state index contributed by atoms with van der Waals surface area (Å²) in [6, 6.07) is 7.39. The molecule has 1 heterocycles. The molecule has 2 rings (SSSR count). The van der Waals surface area contributed by atoms with E-state index >= 15 is 0 Å². The van der Waals surface area contributed by atoms with E-state index in [-0.39, 0.29) is 5.25 Å². The Morgan fingerprint density at radius 1 is 1.32 bits per heavy atom. The lowest BCUT2D eigenvalue weighted by molar-refractivity contribution is 0.0898. The van der Waals surface area contributed by atoms with Crippen LogP contribution in [0.1, 0.15) is 32.8 Å². The van der Waals surface area contributed by atoms with Crippen LogP contribution in [0.4, 0.5) is 0 Å². The average Bonchev–Trinajstić information content (AvgIpc) is 2.33. The van der Waals surface area contributed by atoms with E-state index in [1.165, 1.54) is 6.42 Å². The van der Waals surface area contributed by atoms with Crippen molar-refractivity contribution in [2.24, 2.45) is 5.92 Å². The van der Waals surface area contributed by atoms with Crippen molar-refractivity contribution in [2.45, 2.75) is 43.9 Å². The summed E-state index contributed by atoms with van der Waals surface area (Å²) in [5, 5.41) is -0.365. The summed E-state index contributed by atoms with van der Waals surface area (Å²) in [6.45, 7) is 8.80. The van der Waals surface area contributed by atoms with E-state index in [4.69, 9.17) is 0 Å². The molecule has 106 valence electrons. The molecule has 0 spiro atoms. The highest BCUT2D eigenvalue weighted by atomic mass is 32.2. The van der Waals surface area contributed by atoms with Gasteiger partial charge in [0.15, 0.2) is 9.84 Å². The highest BCUT2D eigenvalue weighted by Gasteiger charge is 2.25. The lowest BCUT2D eigenvalue weighted by Gasteiger charge is -2.38. The zero-order valence-corrected chi connectivity index (χ0v) is 12.8. The van der Waals surface area contributed by atoms with Crippen LogP contribution in [0.15, 0.2) is 29.2 Å². The van der Waals surface area contributed by atoms with Crippen LogP contribution in [0, 0.1) is 5.92 Å². The minimum Gasteiger partial charge on any atom is -0.298 e. The van der Waals surface area contributed by atoms with Gasteiger partial charge in [-0.1, -0.05) is 25.5 Å². The lowest BCUT2D eigenvalue weighted by atomic mass is 9.97. The average molecular weight is 281 g/mol. The summed E-state index contributed by atoms with van der Waals surface area (Å²) >= 11 is 0. The van der Waals surface area contributed by atoms with Gasteiger partial charge in [0.2, 0.25) is 0 Å². The summed E-state index contributed by atoms with van der Waals surface area (Å²) < 4.78 is 24.3. The van der Waals surface area contributed by atoms with Crippen molar-refractivity contribution in [3.05, 3.63) is 29.8 Å². The molecule has 0 unspecified atom stereocenters. The van der Waals surface area contributed by atoms with Crippen molar-refractivity contribution in [3.8, 4) is 0 Å². The van der Waals surface area contributed by atoms with Gasteiger partial charge in [-0.3, -0.25) is 4.90 Å². The second kappa shape index (κ2) is 5.63. The van der Waals surface area contributed by atoms with Crippen LogP contribution < -0.4 is 0 Å². The molecule has 0 saturated carbocycles. The maximum Gasteiger partial charge on any atom is 0.180 e. The Morgan fingerprint density at radius 3 is 2.58 bits per heavy atom. The molecular weight excluding hydrogens is 258 g/mol. The maximum atomic E-state index is 12.1. The Balaban J connectivity index is 2.08. The fourth-order valence-corrected chi connectivity index (χ4v) is 3.54. The highest BCUT2D eigenvalue weighted by Crippen LogP contribution is 2.23. The quantitative estimate of drug-likeness (QED) is 0.833. The van der Waals surface area contributed by atoms with Gasteiger partial charge in [-0.15, -0.1) is 0 Å². The first-order chi connectivity index (χ1) is 8.93. The van der Waals surface area contributed by atoms with E-state index < -0.39 is 9.84 Å². The van der Waals surface area contributed by atoms with Crippen LogP contribution in [-0.2, 0) is 16.4 Å². The molecule has 0 N–H and O–H groups in total. The molecular formula is C15H23NO2S. The largest absolute Gasteiger partial charge is 0.298 e. The standard InChI is InChI=1S/C15H23NO2S/c1-4-13-9-16(10-13)11-14-6-5-7-15(8-14)19(17,18)12(2)3/h5-8,12-13H,4,9-11H2,1-3H3. The van der Waals surface area contributed by atoms with E-state index in [1.54, 1.807) is 19.9 Å². The zero-order valence-electron chi connectivity index (χ0n) is 12.0. The van der Waals surface area contributed by atoms with Crippen LogP contribution in [0.3, 0.4) is 0 Å². The Labute approximate surface area is 116 Å². The van der Waals surface area contributed by atoms with E-state index in [0.29, 0.717) is 4.90 Å². The molecule has 0 atom stereocenters. The summed E-state index contributed by atoms with van der Waals surface area (Å²) in [5.74, 6) is 0.822. The third-order valence-electron chi connectivity index (χ3n) is 3.86. The predicted molar refractivity (Wildman–Crippen MR) is 77.8 cm³/mol. The van der Waals surface area contributed by atoms with Gasteiger partial charge in [-0.05, 0) is 37.5 Å². The molecule has 0 amide bonds. The van der Waals surface area contributed by atoms with Crippen LogP contribution >= 0.6 is 0 Å². The van der Waals surface area contributed by atoms with E-state index in [9.17, 15) is 8.42 Å². The van der Waals surface area contributed by atoms with E-state index in [2.05, 4.69) is 11.8 Å². The Hall–Kier alpha value is -0.870. The number of benzene rings is 1. The Morgan fingerprint density at radius 2 is 2.00 bits per heavy atom. The maximum absolute atomic E-state index is 12.1. The van der Waals surface area contributed by atoms with Gasteiger partial charge in [0.05, 0.1) is 10.1 Å². The normalized spacial score (nSPS) is 17.7. The van der Waals surface area contributed by atoms with E-state index in [1.807, 2.05) is 18.2 Å². The molecule has 0 aliphatic carbocycles. The van der Waals surface area contributed by atoms with Gasteiger partial charge >= 0.3 is 0 Å². The second-order valence-corrected chi connectivity index (χ2v) is 8.21. The molecule has 4 heteroatoms. The molecule has 19 heavy (non-hydrogen) atoms. The van der Waals surface area contributed by atoms with Crippen molar-refractivity contribution in [1.82, 2.24) is 4.90 Å². The van der Waals surface area contributed by atoms with Crippen molar-refractivity contribution >= 4 is 9.84 Å². The minimum absolute atomic E-state index is 0.365. The number of likely N-dealkylation sites (tertiary alicyclic amines) is 1.